The Balaban J connectivity index is 2.28. The number of hydrogen-bond donors (Lipinski definition) is 1. The normalized spacial score (nSPS) is 29.4. The lowest BCUT2D eigenvalue weighted by Crippen LogP contribution is -2.46. The van der Waals surface area contributed by atoms with Gasteiger partial charge in [-0.2, -0.15) is 0 Å². The van der Waals surface area contributed by atoms with Crippen molar-refractivity contribution in [3.05, 3.63) is 33.8 Å². The monoisotopic (exact) mass is 346 g/mol. The van der Waals surface area contributed by atoms with Crippen LogP contribution in [-0.4, -0.2) is 10.7 Å². The van der Waals surface area contributed by atoms with Gasteiger partial charge in [0, 0.05) is 12.0 Å². The van der Waals surface area contributed by atoms with Crippen molar-refractivity contribution in [2.24, 2.45) is 11.3 Å². The van der Waals surface area contributed by atoms with Gasteiger partial charge in [0.05, 0.1) is 10.1 Å². The molecule has 1 aromatic carbocycles. The second-order valence-electron chi connectivity index (χ2n) is 6.87. The first kappa shape index (κ1) is 15.9. The van der Waals surface area contributed by atoms with Crippen LogP contribution < -0.4 is 0 Å². The largest absolute Gasteiger partial charge is 0.389 e. The van der Waals surface area contributed by atoms with Gasteiger partial charge in [0.15, 0.2) is 0 Å². The highest BCUT2D eigenvalue weighted by Gasteiger charge is 2.43. The predicted molar refractivity (Wildman–Crippen MR) is 79.5 cm³/mol. The maximum Gasteiger partial charge on any atom is 0.143 e. The lowest BCUT2D eigenvalue weighted by atomic mass is 9.64. The Morgan fingerprint density at radius 1 is 1.30 bits per heavy atom. The second-order valence-corrected chi connectivity index (χ2v) is 7.73. The molecule has 0 saturated heterocycles. The van der Waals surface area contributed by atoms with Gasteiger partial charge in [0.25, 0.3) is 0 Å². The van der Waals surface area contributed by atoms with Crippen LogP contribution in [-0.2, 0) is 6.42 Å². The van der Waals surface area contributed by atoms with Crippen LogP contribution in [0.4, 0.5) is 8.78 Å². The van der Waals surface area contributed by atoms with Gasteiger partial charge < -0.3 is 5.11 Å². The van der Waals surface area contributed by atoms with Crippen LogP contribution >= 0.6 is 15.9 Å². The Bertz CT molecular complexity index is 515. The third-order valence-electron chi connectivity index (χ3n) is 4.63. The molecule has 1 aliphatic rings. The highest BCUT2D eigenvalue weighted by atomic mass is 79.9. The van der Waals surface area contributed by atoms with Crippen LogP contribution in [0.15, 0.2) is 16.6 Å². The molecular formula is C16H21BrF2O. The van der Waals surface area contributed by atoms with Gasteiger partial charge in [0.1, 0.15) is 11.6 Å². The zero-order valence-electron chi connectivity index (χ0n) is 12.1. The van der Waals surface area contributed by atoms with Crippen LogP contribution in [0.1, 0.15) is 45.6 Å². The fourth-order valence-electron chi connectivity index (χ4n) is 3.22. The highest BCUT2D eigenvalue weighted by molar-refractivity contribution is 9.10. The molecule has 1 nitrogen and oxygen atoms in total. The molecule has 0 bridgehead atoms. The lowest BCUT2D eigenvalue weighted by Gasteiger charge is -2.45. The predicted octanol–water partition coefficient (Wildman–Crippen LogP) is 4.85. The minimum atomic E-state index is -1.03. The Morgan fingerprint density at radius 3 is 2.55 bits per heavy atom. The summed E-state index contributed by atoms with van der Waals surface area (Å²) in [5, 5.41) is 10.8. The molecule has 1 saturated carbocycles. The van der Waals surface area contributed by atoms with Gasteiger partial charge in [-0.15, -0.1) is 0 Å². The van der Waals surface area contributed by atoms with Crippen molar-refractivity contribution >= 4 is 15.9 Å². The molecule has 0 spiro atoms. The summed E-state index contributed by atoms with van der Waals surface area (Å²) in [6, 6.07) is 2.59. The standard InChI is InChI=1S/C16H21BrF2O/c1-10-8-15(2,3)6-7-16(10,20)9-11-13(18)5-4-12(17)14(11)19/h4-5,10,20H,6-9H2,1-3H3. The molecule has 0 aromatic heterocycles. The minimum absolute atomic E-state index is 0.0176. The Morgan fingerprint density at radius 2 is 1.95 bits per heavy atom. The van der Waals surface area contributed by atoms with Crippen molar-refractivity contribution in [2.75, 3.05) is 0 Å². The van der Waals surface area contributed by atoms with Gasteiger partial charge in [0.2, 0.25) is 0 Å². The van der Waals surface area contributed by atoms with Crippen LogP contribution in [0.3, 0.4) is 0 Å². The molecule has 4 heteroatoms. The van der Waals surface area contributed by atoms with E-state index in [0.717, 1.165) is 12.8 Å². The van der Waals surface area contributed by atoms with Crippen molar-refractivity contribution in [1.29, 1.82) is 0 Å². The first-order valence-electron chi connectivity index (χ1n) is 6.99. The summed E-state index contributed by atoms with van der Waals surface area (Å²) in [5.41, 5.74) is -0.869. The van der Waals surface area contributed by atoms with E-state index < -0.39 is 17.2 Å². The summed E-state index contributed by atoms with van der Waals surface area (Å²) in [6.45, 7) is 6.31. The molecule has 1 aromatic rings. The molecule has 2 unspecified atom stereocenters. The fraction of sp³-hybridized carbons (Fsp3) is 0.625. The maximum atomic E-state index is 14.1. The molecular weight excluding hydrogens is 326 g/mol. The molecule has 2 atom stereocenters. The number of halogens is 3. The van der Waals surface area contributed by atoms with E-state index in [1.807, 2.05) is 6.92 Å². The zero-order valence-corrected chi connectivity index (χ0v) is 13.7. The average Bonchev–Trinajstić information content (AvgIpc) is 2.35. The molecule has 0 aliphatic heterocycles. The van der Waals surface area contributed by atoms with E-state index in [1.165, 1.54) is 12.1 Å². The Hall–Kier alpha value is -0.480. The van der Waals surface area contributed by atoms with Crippen molar-refractivity contribution in [2.45, 2.75) is 52.1 Å². The highest BCUT2D eigenvalue weighted by Crippen LogP contribution is 2.45. The average molecular weight is 347 g/mol. The molecule has 1 fully saturated rings. The fourth-order valence-corrected chi connectivity index (χ4v) is 3.59. The number of hydrogen-bond acceptors (Lipinski definition) is 1. The van der Waals surface area contributed by atoms with E-state index in [9.17, 15) is 13.9 Å². The molecule has 20 heavy (non-hydrogen) atoms. The smallest absolute Gasteiger partial charge is 0.143 e. The summed E-state index contributed by atoms with van der Waals surface area (Å²) >= 11 is 3.07. The van der Waals surface area contributed by atoms with Crippen molar-refractivity contribution in [1.82, 2.24) is 0 Å². The summed E-state index contributed by atoms with van der Waals surface area (Å²) in [4.78, 5) is 0. The third kappa shape index (κ3) is 3.06. The summed E-state index contributed by atoms with van der Waals surface area (Å²) in [7, 11) is 0. The van der Waals surface area contributed by atoms with E-state index in [-0.39, 0.29) is 27.8 Å². The van der Waals surface area contributed by atoms with Crippen molar-refractivity contribution in [3.63, 3.8) is 0 Å². The molecule has 0 radical (unpaired) electrons. The maximum absolute atomic E-state index is 14.1. The molecule has 1 aliphatic carbocycles. The van der Waals surface area contributed by atoms with Crippen molar-refractivity contribution < 1.29 is 13.9 Å². The lowest BCUT2D eigenvalue weighted by molar-refractivity contribution is -0.0713. The second kappa shape index (κ2) is 5.38. The van der Waals surface area contributed by atoms with E-state index in [1.54, 1.807) is 0 Å². The first-order valence-corrected chi connectivity index (χ1v) is 7.79. The number of rotatable bonds is 2. The van der Waals surface area contributed by atoms with E-state index in [2.05, 4.69) is 29.8 Å². The number of benzene rings is 1. The van der Waals surface area contributed by atoms with Gasteiger partial charge in [-0.05, 0) is 58.7 Å². The molecule has 0 heterocycles. The third-order valence-corrected chi connectivity index (χ3v) is 5.25. The van der Waals surface area contributed by atoms with Gasteiger partial charge in [-0.1, -0.05) is 20.8 Å². The zero-order chi connectivity index (χ0) is 15.1. The Labute approximate surface area is 127 Å². The van der Waals surface area contributed by atoms with Crippen LogP contribution in [0.2, 0.25) is 0 Å². The quantitative estimate of drug-likeness (QED) is 0.759. The number of aliphatic hydroxyl groups is 1. The molecule has 112 valence electrons. The van der Waals surface area contributed by atoms with E-state index in [0.29, 0.717) is 6.42 Å². The molecule has 0 amide bonds. The van der Waals surface area contributed by atoms with Gasteiger partial charge >= 0.3 is 0 Å². The van der Waals surface area contributed by atoms with E-state index >= 15 is 0 Å². The summed E-state index contributed by atoms with van der Waals surface area (Å²) in [6.07, 6.45) is 2.33. The van der Waals surface area contributed by atoms with E-state index in [4.69, 9.17) is 0 Å². The van der Waals surface area contributed by atoms with Crippen LogP contribution in [0, 0.1) is 23.0 Å². The minimum Gasteiger partial charge on any atom is -0.389 e. The molecule has 2 rings (SSSR count). The first-order chi connectivity index (χ1) is 9.15. The SMILES string of the molecule is CC1CC(C)(C)CCC1(O)Cc1c(F)ccc(Br)c1F. The Kier molecular flexibility index (Phi) is 4.27. The van der Waals surface area contributed by atoms with Crippen LogP contribution in [0.25, 0.3) is 0 Å². The summed E-state index contributed by atoms with van der Waals surface area (Å²) in [5.74, 6) is -1.17. The van der Waals surface area contributed by atoms with Gasteiger partial charge in [-0.3, -0.25) is 0 Å². The van der Waals surface area contributed by atoms with Crippen molar-refractivity contribution in [3.8, 4) is 0 Å². The van der Waals surface area contributed by atoms with Gasteiger partial charge in [-0.25, -0.2) is 8.78 Å². The summed E-state index contributed by atoms with van der Waals surface area (Å²) < 4.78 is 28.2. The molecule has 1 N–H and O–H groups in total. The topological polar surface area (TPSA) is 20.2 Å². The van der Waals surface area contributed by atoms with Crippen LogP contribution in [0.5, 0.6) is 0 Å².